The van der Waals surface area contributed by atoms with Crippen molar-refractivity contribution in [3.05, 3.63) is 34.0 Å². The van der Waals surface area contributed by atoms with E-state index in [1.54, 1.807) is 7.05 Å². The lowest BCUT2D eigenvalue weighted by Crippen LogP contribution is -2.61. The predicted octanol–water partition coefficient (Wildman–Crippen LogP) is 0.00150. The second-order valence-electron chi connectivity index (χ2n) is 4.32. The van der Waals surface area contributed by atoms with Gasteiger partial charge in [0.05, 0.1) is 6.61 Å². The number of hydrogen-bond donors (Lipinski definition) is 2. The van der Waals surface area contributed by atoms with Crippen LogP contribution in [0, 0.1) is 10.1 Å². The average molecular weight is 257 g/mol. The molecule has 0 amide bonds. The molecule has 1 aliphatic heterocycles. The Balaban J connectivity index is 2.31. The molecule has 100 valence electrons. The molecule has 7 heteroatoms. The van der Waals surface area contributed by atoms with Gasteiger partial charge in [0.25, 0.3) is 0 Å². The molecule has 0 aromatic heterocycles. The van der Waals surface area contributed by atoms with Gasteiger partial charge in [-0.05, 0) is 12.2 Å². The number of alkyl halides is 1. The Bertz CT molecular complexity index is 393. The van der Waals surface area contributed by atoms with E-state index in [9.17, 15) is 14.5 Å². The highest BCUT2D eigenvalue weighted by Crippen LogP contribution is 2.32. The zero-order valence-corrected chi connectivity index (χ0v) is 10.1. The summed E-state index contributed by atoms with van der Waals surface area (Å²) in [5.74, 6) is 0. The molecule has 1 saturated heterocycles. The van der Waals surface area contributed by atoms with Crippen molar-refractivity contribution in [1.29, 1.82) is 0 Å². The number of likely N-dealkylation sites (N-methyl/N-ethyl adjacent to an activating group) is 1. The van der Waals surface area contributed by atoms with Gasteiger partial charge in [-0.2, -0.15) is 0 Å². The summed E-state index contributed by atoms with van der Waals surface area (Å²) in [6, 6.07) is 0. The first-order valence-electron chi connectivity index (χ1n) is 5.81. The fourth-order valence-electron chi connectivity index (χ4n) is 2.26. The molecule has 6 nitrogen and oxygen atoms in total. The van der Waals surface area contributed by atoms with Gasteiger partial charge in [-0.3, -0.25) is 10.1 Å². The van der Waals surface area contributed by atoms with E-state index in [0.29, 0.717) is 18.8 Å². The number of nitro groups is 1. The van der Waals surface area contributed by atoms with E-state index in [-0.39, 0.29) is 6.54 Å². The number of hydrogen-bond acceptors (Lipinski definition) is 5. The average Bonchev–Trinajstić information content (AvgIpc) is 2.39. The van der Waals surface area contributed by atoms with Crippen LogP contribution in [0.3, 0.4) is 0 Å². The van der Waals surface area contributed by atoms with E-state index in [4.69, 9.17) is 4.74 Å². The maximum Gasteiger partial charge on any atom is 0.301 e. The van der Waals surface area contributed by atoms with E-state index in [0.717, 1.165) is 0 Å². The molecule has 1 aliphatic carbocycles. The predicted molar refractivity (Wildman–Crippen MR) is 63.5 cm³/mol. The van der Waals surface area contributed by atoms with Crippen LogP contribution in [0.5, 0.6) is 0 Å². The van der Waals surface area contributed by atoms with Gasteiger partial charge >= 0.3 is 5.54 Å². The second kappa shape index (κ2) is 5.03. The van der Waals surface area contributed by atoms with Gasteiger partial charge in [0.2, 0.25) is 0 Å². The summed E-state index contributed by atoms with van der Waals surface area (Å²) >= 11 is 0. The largest absolute Gasteiger partial charge is 0.388 e. The monoisotopic (exact) mass is 257 g/mol. The molecular weight excluding hydrogens is 241 g/mol. The van der Waals surface area contributed by atoms with E-state index >= 15 is 0 Å². The van der Waals surface area contributed by atoms with Crippen molar-refractivity contribution in [2.75, 3.05) is 26.7 Å². The molecule has 1 fully saturated rings. The Morgan fingerprint density at radius 3 is 3.00 bits per heavy atom. The van der Waals surface area contributed by atoms with Crippen LogP contribution in [0.1, 0.15) is 0 Å². The third kappa shape index (κ3) is 1.99. The Kier molecular flexibility index (Phi) is 3.63. The fraction of sp³-hybridized carbons (Fsp3) is 0.636. The summed E-state index contributed by atoms with van der Waals surface area (Å²) in [7, 11) is 1.64. The first-order chi connectivity index (χ1) is 8.61. The third-order valence-electron chi connectivity index (χ3n) is 3.35. The Morgan fingerprint density at radius 1 is 1.72 bits per heavy atom. The zero-order chi connectivity index (χ0) is 13.2. The first kappa shape index (κ1) is 13.0. The molecule has 3 atom stereocenters. The SMILES string of the molecule is CNC1=CC(F)C(C2CNCCO2)([N+](=O)[O-])C=C1. The van der Waals surface area contributed by atoms with E-state index in [2.05, 4.69) is 10.6 Å². The lowest BCUT2D eigenvalue weighted by Gasteiger charge is -2.36. The van der Waals surface area contributed by atoms with Crippen molar-refractivity contribution >= 4 is 0 Å². The van der Waals surface area contributed by atoms with Gasteiger partial charge < -0.3 is 15.4 Å². The van der Waals surface area contributed by atoms with Crippen LogP contribution in [0.4, 0.5) is 4.39 Å². The minimum absolute atomic E-state index is 0.272. The smallest absolute Gasteiger partial charge is 0.301 e. The minimum Gasteiger partial charge on any atom is -0.388 e. The normalized spacial score (nSPS) is 36.0. The molecule has 3 unspecified atom stereocenters. The summed E-state index contributed by atoms with van der Waals surface area (Å²) in [6.07, 6.45) is 1.52. The molecule has 0 aromatic carbocycles. The van der Waals surface area contributed by atoms with Crippen molar-refractivity contribution < 1.29 is 14.1 Å². The summed E-state index contributed by atoms with van der Waals surface area (Å²) in [4.78, 5) is 10.7. The molecule has 0 radical (unpaired) electrons. The lowest BCUT2D eigenvalue weighted by molar-refractivity contribution is -0.576. The number of nitrogens with one attached hydrogen (secondary N) is 2. The highest BCUT2D eigenvalue weighted by atomic mass is 19.1. The maximum absolute atomic E-state index is 14.3. The van der Waals surface area contributed by atoms with Gasteiger partial charge in [0, 0.05) is 36.8 Å². The molecule has 0 spiro atoms. The van der Waals surface area contributed by atoms with E-state index in [1.165, 1.54) is 18.2 Å². The molecule has 2 aliphatic rings. The Morgan fingerprint density at radius 2 is 2.50 bits per heavy atom. The van der Waals surface area contributed by atoms with Gasteiger partial charge in [0.15, 0.2) is 6.17 Å². The highest BCUT2D eigenvalue weighted by molar-refractivity contribution is 5.31. The van der Waals surface area contributed by atoms with Crippen LogP contribution in [0.2, 0.25) is 0 Å². The summed E-state index contributed by atoms with van der Waals surface area (Å²) in [5.41, 5.74) is -1.31. The van der Waals surface area contributed by atoms with Crippen LogP contribution < -0.4 is 10.6 Å². The molecule has 2 rings (SSSR count). The number of halogens is 1. The molecule has 18 heavy (non-hydrogen) atoms. The van der Waals surface area contributed by atoms with Crippen LogP contribution >= 0.6 is 0 Å². The minimum atomic E-state index is -1.84. The van der Waals surface area contributed by atoms with Gasteiger partial charge in [-0.25, -0.2) is 4.39 Å². The zero-order valence-electron chi connectivity index (χ0n) is 10.1. The molecule has 0 aromatic rings. The molecule has 1 heterocycles. The van der Waals surface area contributed by atoms with Crippen LogP contribution in [-0.2, 0) is 4.74 Å². The molecule has 0 saturated carbocycles. The fourth-order valence-corrected chi connectivity index (χ4v) is 2.26. The van der Waals surface area contributed by atoms with Crippen molar-refractivity contribution in [2.45, 2.75) is 17.8 Å². The van der Waals surface area contributed by atoms with Crippen molar-refractivity contribution in [1.82, 2.24) is 10.6 Å². The molecule has 0 bridgehead atoms. The molecule has 2 N–H and O–H groups in total. The summed E-state index contributed by atoms with van der Waals surface area (Å²) in [6.45, 7) is 1.25. The summed E-state index contributed by atoms with van der Waals surface area (Å²) in [5, 5.41) is 17.1. The van der Waals surface area contributed by atoms with Gasteiger partial charge in [-0.1, -0.05) is 0 Å². The standard InChI is InChI=1S/C11H16FN3O3/c1-13-8-2-3-11(15(16)17,9(12)6-8)10-7-14-4-5-18-10/h2-3,6,9-10,13-14H,4-5,7H2,1H3. The van der Waals surface area contributed by atoms with Crippen LogP contribution in [0.15, 0.2) is 23.9 Å². The first-order valence-corrected chi connectivity index (χ1v) is 5.81. The number of morpholine rings is 1. The van der Waals surface area contributed by atoms with E-state index in [1.807, 2.05) is 0 Å². The topological polar surface area (TPSA) is 76.4 Å². The van der Waals surface area contributed by atoms with E-state index < -0.39 is 22.7 Å². The van der Waals surface area contributed by atoms with Gasteiger partial charge in [0.1, 0.15) is 6.10 Å². The third-order valence-corrected chi connectivity index (χ3v) is 3.35. The molecular formula is C11H16FN3O3. The van der Waals surface area contributed by atoms with Gasteiger partial charge in [-0.15, -0.1) is 0 Å². The summed E-state index contributed by atoms with van der Waals surface area (Å²) < 4.78 is 19.6. The highest BCUT2D eigenvalue weighted by Gasteiger charge is 2.57. The Hall–Kier alpha value is -1.47. The maximum atomic E-state index is 14.3. The second-order valence-corrected chi connectivity index (χ2v) is 4.32. The van der Waals surface area contributed by atoms with Crippen LogP contribution in [0.25, 0.3) is 0 Å². The quantitative estimate of drug-likeness (QED) is 0.550. The van der Waals surface area contributed by atoms with Crippen molar-refractivity contribution in [3.63, 3.8) is 0 Å². The van der Waals surface area contributed by atoms with Crippen LogP contribution in [-0.4, -0.2) is 49.5 Å². The number of nitrogens with zero attached hydrogens (tertiary/aromatic N) is 1. The number of rotatable bonds is 3. The number of ether oxygens (including phenoxy) is 1. The lowest BCUT2D eigenvalue weighted by atomic mass is 9.83. The Labute approximate surface area is 104 Å². The number of allylic oxidation sites excluding steroid dienone is 1. The van der Waals surface area contributed by atoms with Crippen molar-refractivity contribution in [2.24, 2.45) is 0 Å². The van der Waals surface area contributed by atoms with Crippen molar-refractivity contribution in [3.8, 4) is 0 Å².